The van der Waals surface area contributed by atoms with E-state index in [1.807, 2.05) is 18.2 Å². The number of halogens is 1. The van der Waals surface area contributed by atoms with Gasteiger partial charge in [-0.25, -0.2) is 9.82 Å². The first-order chi connectivity index (χ1) is 18.3. The number of aromatic hydroxyl groups is 1. The first-order valence-electron chi connectivity index (χ1n) is 12.1. The number of primary amides is 1. The molecule has 1 aliphatic heterocycles. The number of phenolic OH excluding ortho intramolecular Hbond substituents is 1. The molecule has 0 saturated carbocycles. The van der Waals surface area contributed by atoms with Crippen molar-refractivity contribution in [2.45, 2.75) is 19.1 Å². The molecule has 10 heteroatoms. The number of benzene rings is 3. The molecule has 1 fully saturated rings. The smallest absolute Gasteiger partial charge is 0.271 e. The number of likely N-dealkylation sites (tertiary alicyclic amines) is 1. The maximum Gasteiger partial charge on any atom is 0.271 e. The van der Waals surface area contributed by atoms with Crippen LogP contribution in [0.4, 0.5) is 4.39 Å². The molecule has 9 nitrogen and oxygen atoms in total. The lowest BCUT2D eigenvalue weighted by molar-refractivity contribution is -0.126. The number of hydrogen-bond acceptors (Lipinski definition) is 7. The van der Waals surface area contributed by atoms with Crippen molar-refractivity contribution in [3.8, 4) is 17.2 Å². The zero-order valence-corrected chi connectivity index (χ0v) is 20.8. The molecule has 1 heterocycles. The number of carbonyl (C=O) groups is 2. The Labute approximate surface area is 219 Å². The number of hydrazone groups is 1. The van der Waals surface area contributed by atoms with Gasteiger partial charge in [-0.2, -0.15) is 5.10 Å². The van der Waals surface area contributed by atoms with E-state index in [0.29, 0.717) is 23.6 Å². The van der Waals surface area contributed by atoms with Gasteiger partial charge < -0.3 is 20.3 Å². The van der Waals surface area contributed by atoms with Gasteiger partial charge in [0.15, 0.2) is 17.7 Å². The number of phenols is 1. The van der Waals surface area contributed by atoms with Crippen LogP contribution in [0.1, 0.15) is 27.9 Å². The second kappa shape index (κ2) is 12.2. The summed E-state index contributed by atoms with van der Waals surface area (Å²) in [6.07, 6.45) is 1.35. The highest BCUT2D eigenvalue weighted by Gasteiger charge is 2.34. The van der Waals surface area contributed by atoms with E-state index in [1.54, 1.807) is 18.2 Å². The summed E-state index contributed by atoms with van der Waals surface area (Å²) < 4.78 is 24.9. The number of amides is 2. The van der Waals surface area contributed by atoms with Crippen LogP contribution in [-0.2, 0) is 11.3 Å². The predicted octanol–water partition coefficient (Wildman–Crippen LogP) is 3.06. The molecule has 0 aliphatic carbocycles. The van der Waals surface area contributed by atoms with Gasteiger partial charge in [-0.05, 0) is 48.9 Å². The Bertz CT molecular complexity index is 1320. The topological polar surface area (TPSA) is 126 Å². The van der Waals surface area contributed by atoms with Crippen molar-refractivity contribution in [1.29, 1.82) is 0 Å². The fourth-order valence-corrected chi connectivity index (χ4v) is 4.37. The second-order valence-corrected chi connectivity index (χ2v) is 8.98. The van der Waals surface area contributed by atoms with Crippen molar-refractivity contribution < 1.29 is 28.6 Å². The summed E-state index contributed by atoms with van der Waals surface area (Å²) in [6.45, 7) is 2.33. The van der Waals surface area contributed by atoms with Crippen LogP contribution in [0.5, 0.6) is 17.2 Å². The van der Waals surface area contributed by atoms with Crippen molar-refractivity contribution in [3.63, 3.8) is 0 Å². The van der Waals surface area contributed by atoms with Gasteiger partial charge in [-0.1, -0.05) is 30.3 Å². The molecular formula is C28H29FN4O5. The Balaban J connectivity index is 1.38. The van der Waals surface area contributed by atoms with Crippen molar-refractivity contribution >= 4 is 18.0 Å². The number of nitrogens with two attached hydrogens (primary N) is 1. The molecular weight excluding hydrogens is 491 g/mol. The Kier molecular flexibility index (Phi) is 8.55. The zero-order chi connectivity index (χ0) is 27.1. The van der Waals surface area contributed by atoms with Crippen LogP contribution in [-0.4, -0.2) is 54.3 Å². The first kappa shape index (κ1) is 26.6. The number of carbonyl (C=O) groups excluding carboxylic acids is 2. The van der Waals surface area contributed by atoms with E-state index in [0.717, 1.165) is 31.6 Å². The van der Waals surface area contributed by atoms with E-state index in [-0.39, 0.29) is 11.5 Å². The zero-order valence-electron chi connectivity index (χ0n) is 20.8. The molecule has 4 rings (SSSR count). The van der Waals surface area contributed by atoms with Crippen molar-refractivity contribution in [3.05, 3.63) is 89.2 Å². The van der Waals surface area contributed by atoms with Crippen molar-refractivity contribution in [1.82, 2.24) is 10.3 Å². The third kappa shape index (κ3) is 6.65. The van der Waals surface area contributed by atoms with E-state index >= 15 is 0 Å². The van der Waals surface area contributed by atoms with Crippen LogP contribution in [0.25, 0.3) is 0 Å². The second-order valence-electron chi connectivity index (χ2n) is 8.98. The monoisotopic (exact) mass is 520 g/mol. The SMILES string of the molecule is COc1cc(O[C@H](C(N)=O)C2CCN(Cc3ccccc3)C2)ccc1C=NNC(=O)c1ccc(O)c(F)c1. The van der Waals surface area contributed by atoms with Gasteiger partial charge in [0.2, 0.25) is 0 Å². The minimum Gasteiger partial charge on any atom is -0.505 e. The Morgan fingerprint density at radius 3 is 2.71 bits per heavy atom. The normalized spacial score (nSPS) is 16.3. The Hall–Kier alpha value is -4.44. The third-order valence-corrected chi connectivity index (χ3v) is 6.31. The molecule has 0 spiro atoms. The predicted molar refractivity (Wildman–Crippen MR) is 140 cm³/mol. The van der Waals surface area contributed by atoms with E-state index in [1.165, 1.54) is 25.0 Å². The highest BCUT2D eigenvalue weighted by molar-refractivity contribution is 5.95. The number of ether oxygens (including phenoxy) is 2. The van der Waals surface area contributed by atoms with Crippen LogP contribution in [0.3, 0.4) is 0 Å². The first-order valence-corrected chi connectivity index (χ1v) is 12.1. The number of nitrogens with one attached hydrogen (secondary N) is 1. The van der Waals surface area contributed by atoms with Gasteiger partial charge in [0.05, 0.1) is 13.3 Å². The Morgan fingerprint density at radius 2 is 2.00 bits per heavy atom. The van der Waals surface area contributed by atoms with Gasteiger partial charge >= 0.3 is 0 Å². The van der Waals surface area contributed by atoms with Crippen LogP contribution in [0.2, 0.25) is 0 Å². The van der Waals surface area contributed by atoms with E-state index < -0.39 is 29.5 Å². The highest BCUT2D eigenvalue weighted by atomic mass is 19.1. The van der Waals surface area contributed by atoms with E-state index in [9.17, 15) is 19.1 Å². The minimum atomic E-state index is -0.908. The average molecular weight is 521 g/mol. The number of hydrogen-bond donors (Lipinski definition) is 3. The molecule has 4 N–H and O–H groups in total. The molecule has 1 unspecified atom stereocenters. The maximum atomic E-state index is 13.5. The summed E-state index contributed by atoms with van der Waals surface area (Å²) in [4.78, 5) is 26.7. The molecule has 1 aliphatic rings. The summed E-state index contributed by atoms with van der Waals surface area (Å²) in [6, 6.07) is 18.4. The molecule has 38 heavy (non-hydrogen) atoms. The van der Waals surface area contributed by atoms with Gasteiger partial charge in [0.25, 0.3) is 11.8 Å². The summed E-state index contributed by atoms with van der Waals surface area (Å²) in [5, 5.41) is 13.1. The van der Waals surface area contributed by atoms with Crippen molar-refractivity contribution in [2.75, 3.05) is 20.2 Å². The lowest BCUT2D eigenvalue weighted by Crippen LogP contribution is -2.41. The fourth-order valence-electron chi connectivity index (χ4n) is 4.37. The van der Waals surface area contributed by atoms with Gasteiger partial charge in [-0.15, -0.1) is 0 Å². The fraction of sp³-hybridized carbons (Fsp3) is 0.250. The van der Waals surface area contributed by atoms with Crippen LogP contribution in [0, 0.1) is 11.7 Å². The van der Waals surface area contributed by atoms with Gasteiger partial charge in [0, 0.05) is 36.2 Å². The van der Waals surface area contributed by atoms with Crippen LogP contribution in [0.15, 0.2) is 71.8 Å². The number of methoxy groups -OCH3 is 1. The molecule has 2 amide bonds. The Morgan fingerprint density at radius 1 is 1.21 bits per heavy atom. The van der Waals surface area contributed by atoms with Crippen LogP contribution < -0.4 is 20.6 Å². The van der Waals surface area contributed by atoms with E-state index in [4.69, 9.17) is 15.2 Å². The minimum absolute atomic E-state index is 0.0000896. The summed E-state index contributed by atoms with van der Waals surface area (Å²) >= 11 is 0. The maximum absolute atomic E-state index is 13.5. The number of nitrogens with zero attached hydrogens (tertiary/aromatic N) is 2. The molecule has 198 valence electrons. The van der Waals surface area contributed by atoms with Gasteiger partial charge in [-0.3, -0.25) is 14.5 Å². The summed E-state index contributed by atoms with van der Waals surface area (Å²) in [5.74, 6) is -1.88. The molecule has 1 saturated heterocycles. The standard InChI is InChI=1S/C28H29FN4O5/c1-37-25-14-22(9-7-20(25)15-31-32-28(36)19-8-10-24(34)23(29)13-19)38-26(27(30)35)21-11-12-33(17-21)16-18-5-3-2-4-6-18/h2-10,13-15,21,26,34H,11-12,16-17H2,1H3,(H2,30,35)(H,32,36)/t21?,26-/m0/s1. The van der Waals surface area contributed by atoms with E-state index in [2.05, 4.69) is 27.6 Å². The highest BCUT2D eigenvalue weighted by Crippen LogP contribution is 2.28. The quantitative estimate of drug-likeness (QED) is 0.279. The molecule has 3 aromatic carbocycles. The molecule has 2 atom stereocenters. The van der Waals surface area contributed by atoms with Crippen LogP contribution >= 0.6 is 0 Å². The average Bonchev–Trinajstić information content (AvgIpc) is 3.37. The number of rotatable bonds is 10. The summed E-state index contributed by atoms with van der Waals surface area (Å²) in [5.41, 5.74) is 9.74. The van der Waals surface area contributed by atoms with Gasteiger partial charge in [0.1, 0.15) is 11.5 Å². The lowest BCUT2D eigenvalue weighted by atomic mass is 10.0. The summed E-state index contributed by atoms with van der Waals surface area (Å²) in [7, 11) is 1.47. The molecule has 0 bridgehead atoms. The molecule has 0 aromatic heterocycles. The largest absolute Gasteiger partial charge is 0.505 e. The lowest BCUT2D eigenvalue weighted by Gasteiger charge is -2.23. The van der Waals surface area contributed by atoms with Crippen molar-refractivity contribution in [2.24, 2.45) is 16.8 Å². The molecule has 0 radical (unpaired) electrons. The molecule has 3 aromatic rings. The third-order valence-electron chi connectivity index (χ3n) is 6.31.